The largest absolute Gasteiger partial charge is 0.393 e. The monoisotopic (exact) mass is 512 g/mol. The molecule has 1 aromatic carbocycles. The second-order valence-electron chi connectivity index (χ2n) is 9.41. The lowest BCUT2D eigenvalue weighted by Gasteiger charge is -2.32. The van der Waals surface area contributed by atoms with Crippen LogP contribution in [0.25, 0.3) is 11.6 Å². The average Bonchev–Trinajstić information content (AvgIpc) is 3.32. The smallest absolute Gasteiger partial charge is 0.256 e. The Labute approximate surface area is 215 Å². The van der Waals surface area contributed by atoms with Gasteiger partial charge >= 0.3 is 0 Å². The number of hydrogen-bond acceptors (Lipinski definition) is 5. The van der Waals surface area contributed by atoms with Crippen LogP contribution in [0, 0.1) is 19.7 Å². The number of nitrogens with zero attached hydrogens (tertiary/aromatic N) is 1. The van der Waals surface area contributed by atoms with Crippen molar-refractivity contribution in [1.29, 1.82) is 0 Å². The zero-order valence-electron chi connectivity index (χ0n) is 21.3. The molecule has 4 N–H and O–H groups in total. The van der Waals surface area contributed by atoms with Crippen LogP contribution >= 0.6 is 0 Å². The summed E-state index contributed by atoms with van der Waals surface area (Å²) in [5.74, 6) is -1.21. The first-order valence-corrected chi connectivity index (χ1v) is 12.6. The Morgan fingerprint density at radius 3 is 2.73 bits per heavy atom. The number of nitrogens with one attached hydrogen (secondary N) is 3. The lowest BCUT2D eigenvalue weighted by Crippen LogP contribution is -2.46. The van der Waals surface area contributed by atoms with Crippen LogP contribution in [0.1, 0.15) is 59.1 Å². The number of amides is 3. The summed E-state index contributed by atoms with van der Waals surface area (Å²) in [5.41, 5.74) is 3.64. The number of likely N-dealkylation sites (tertiary alicyclic amines) is 1. The van der Waals surface area contributed by atoms with Gasteiger partial charge in [-0.05, 0) is 69.9 Å². The van der Waals surface area contributed by atoms with Gasteiger partial charge in [-0.1, -0.05) is 0 Å². The van der Waals surface area contributed by atoms with E-state index in [2.05, 4.69) is 15.6 Å². The number of aromatic amines is 1. The molecular weight excluding hydrogens is 479 g/mol. The van der Waals surface area contributed by atoms with Crippen LogP contribution in [0.2, 0.25) is 0 Å². The van der Waals surface area contributed by atoms with Crippen LogP contribution in [0.3, 0.4) is 0 Å². The molecule has 1 fully saturated rings. The molecule has 0 radical (unpaired) electrons. The number of aromatic nitrogens is 1. The van der Waals surface area contributed by atoms with Crippen molar-refractivity contribution >= 4 is 35.1 Å². The molecule has 4 rings (SSSR count). The fraction of sp³-hybridized carbons (Fsp3) is 0.444. The van der Waals surface area contributed by atoms with E-state index in [1.807, 2.05) is 6.92 Å². The van der Waals surface area contributed by atoms with Crippen molar-refractivity contribution in [3.05, 3.63) is 52.1 Å². The summed E-state index contributed by atoms with van der Waals surface area (Å²) in [6, 6.07) is 4.11. The van der Waals surface area contributed by atoms with E-state index < -0.39 is 11.9 Å². The average molecular weight is 513 g/mol. The maximum atomic E-state index is 13.8. The molecule has 1 saturated heterocycles. The summed E-state index contributed by atoms with van der Waals surface area (Å²) in [6.45, 7) is 6.96. The molecule has 0 spiro atoms. The first kappa shape index (κ1) is 26.6. The molecule has 3 heterocycles. The summed E-state index contributed by atoms with van der Waals surface area (Å²) in [7, 11) is 0. The molecule has 0 saturated carbocycles. The minimum absolute atomic E-state index is 0.127. The lowest BCUT2D eigenvalue weighted by molar-refractivity contribution is -0.145. The topological polar surface area (TPSA) is 124 Å². The third kappa shape index (κ3) is 5.75. The molecular formula is C27H33FN4O5. The molecule has 0 bridgehead atoms. The minimum Gasteiger partial charge on any atom is -0.393 e. The van der Waals surface area contributed by atoms with E-state index in [1.54, 1.807) is 24.8 Å². The van der Waals surface area contributed by atoms with Gasteiger partial charge in [0.15, 0.2) is 0 Å². The Morgan fingerprint density at radius 1 is 1.30 bits per heavy atom. The van der Waals surface area contributed by atoms with E-state index in [4.69, 9.17) is 4.74 Å². The Bertz CT molecular complexity index is 1230. The number of aryl methyl sites for hydroxylation is 1. The number of ether oxygens (including phenoxy) is 1. The molecule has 2 aliphatic heterocycles. The fourth-order valence-electron chi connectivity index (χ4n) is 4.88. The summed E-state index contributed by atoms with van der Waals surface area (Å²) >= 11 is 0. The van der Waals surface area contributed by atoms with Gasteiger partial charge in [-0.15, -0.1) is 0 Å². The van der Waals surface area contributed by atoms with Gasteiger partial charge in [0.2, 0.25) is 0 Å². The lowest BCUT2D eigenvalue weighted by atomic mass is 10.0. The van der Waals surface area contributed by atoms with Gasteiger partial charge in [0.05, 0.1) is 17.2 Å². The number of aliphatic hydroxyl groups is 1. The van der Waals surface area contributed by atoms with E-state index in [1.165, 1.54) is 18.2 Å². The maximum Gasteiger partial charge on any atom is 0.256 e. The summed E-state index contributed by atoms with van der Waals surface area (Å²) in [5, 5.41) is 15.3. The number of carbonyl (C=O) groups is 3. The predicted molar refractivity (Wildman–Crippen MR) is 137 cm³/mol. The molecule has 1 unspecified atom stereocenters. The standard InChI is InChI=1S/C27H33FN4O5/c1-4-37-23(27(36)32-11-8-18(33)9-12-32)7-10-29-26(35)24-15(2)22(30-16(24)3)14-20-19-13-17(28)5-6-21(19)31-25(20)34/h5-6,13-14,18,23,30,33H,4,7-12H2,1-3H3,(H,29,35)(H,31,34)/b20-14-. The molecule has 9 nitrogen and oxygen atoms in total. The summed E-state index contributed by atoms with van der Waals surface area (Å²) in [6.07, 6.45) is 2.00. The van der Waals surface area contributed by atoms with Gasteiger partial charge in [0.25, 0.3) is 17.7 Å². The van der Waals surface area contributed by atoms with Crippen molar-refractivity contribution in [1.82, 2.24) is 15.2 Å². The highest BCUT2D eigenvalue weighted by atomic mass is 19.1. The zero-order chi connectivity index (χ0) is 26.7. The SMILES string of the molecule is CCOC(CCNC(=O)c1c(C)[nH]c(/C=C2\C(=O)Nc3ccc(F)cc32)c1C)C(=O)N1CCC(O)CC1. The Balaban J connectivity index is 1.43. The fourth-order valence-corrected chi connectivity index (χ4v) is 4.88. The van der Waals surface area contributed by atoms with Crippen LogP contribution in [0.15, 0.2) is 18.2 Å². The minimum atomic E-state index is -0.671. The van der Waals surface area contributed by atoms with E-state index >= 15 is 0 Å². The molecule has 198 valence electrons. The first-order chi connectivity index (χ1) is 17.7. The normalized spacial score (nSPS) is 17.6. The van der Waals surface area contributed by atoms with Crippen molar-refractivity contribution < 1.29 is 28.6 Å². The van der Waals surface area contributed by atoms with Gasteiger partial charge in [0.1, 0.15) is 11.9 Å². The number of H-pyrrole nitrogens is 1. The Morgan fingerprint density at radius 2 is 2.03 bits per heavy atom. The molecule has 37 heavy (non-hydrogen) atoms. The summed E-state index contributed by atoms with van der Waals surface area (Å²) in [4.78, 5) is 43.3. The number of fused-ring (bicyclic) bond motifs is 1. The molecule has 10 heteroatoms. The molecule has 2 aromatic rings. The number of hydrogen-bond donors (Lipinski definition) is 4. The van der Waals surface area contributed by atoms with Crippen molar-refractivity contribution in [3.63, 3.8) is 0 Å². The molecule has 1 atom stereocenters. The number of halogens is 1. The maximum absolute atomic E-state index is 13.8. The second-order valence-corrected chi connectivity index (χ2v) is 9.41. The molecule has 3 amide bonds. The van der Waals surface area contributed by atoms with Gasteiger partial charge in [0, 0.05) is 48.9 Å². The van der Waals surface area contributed by atoms with Gasteiger partial charge in [-0.2, -0.15) is 0 Å². The number of anilines is 1. The predicted octanol–water partition coefficient (Wildman–Crippen LogP) is 2.77. The van der Waals surface area contributed by atoms with Gasteiger partial charge in [-0.25, -0.2) is 4.39 Å². The number of piperidine rings is 1. The van der Waals surface area contributed by atoms with Crippen LogP contribution in [0.5, 0.6) is 0 Å². The number of rotatable bonds is 8. The van der Waals surface area contributed by atoms with Crippen molar-refractivity contribution in [2.45, 2.75) is 52.2 Å². The van der Waals surface area contributed by atoms with Crippen LogP contribution in [-0.2, 0) is 14.3 Å². The third-order valence-corrected chi connectivity index (χ3v) is 6.87. The number of benzene rings is 1. The van der Waals surface area contributed by atoms with Crippen LogP contribution in [-0.4, -0.2) is 71.2 Å². The number of aliphatic hydroxyl groups excluding tert-OH is 1. The highest BCUT2D eigenvalue weighted by Crippen LogP contribution is 2.34. The van der Waals surface area contributed by atoms with E-state index in [0.717, 1.165) is 0 Å². The molecule has 1 aromatic heterocycles. The number of carbonyl (C=O) groups excluding carboxylic acids is 3. The van der Waals surface area contributed by atoms with Gasteiger partial charge < -0.3 is 30.4 Å². The first-order valence-electron chi connectivity index (χ1n) is 12.6. The molecule has 0 aliphatic carbocycles. The van der Waals surface area contributed by atoms with Crippen LogP contribution < -0.4 is 10.6 Å². The third-order valence-electron chi connectivity index (χ3n) is 6.87. The second kappa shape index (κ2) is 11.3. The highest BCUT2D eigenvalue weighted by Gasteiger charge is 2.29. The van der Waals surface area contributed by atoms with Crippen LogP contribution in [0.4, 0.5) is 10.1 Å². The van der Waals surface area contributed by atoms with Crippen molar-refractivity contribution in [2.24, 2.45) is 0 Å². The van der Waals surface area contributed by atoms with E-state index in [9.17, 15) is 23.9 Å². The quantitative estimate of drug-likeness (QED) is 0.405. The van der Waals surface area contributed by atoms with E-state index in [-0.39, 0.29) is 30.4 Å². The van der Waals surface area contributed by atoms with Crippen molar-refractivity contribution in [2.75, 3.05) is 31.6 Å². The van der Waals surface area contributed by atoms with E-state index in [0.29, 0.717) is 78.3 Å². The van der Waals surface area contributed by atoms with Crippen molar-refractivity contribution in [3.8, 4) is 0 Å². The Kier molecular flexibility index (Phi) is 8.09. The Hall–Kier alpha value is -3.50. The highest BCUT2D eigenvalue weighted by molar-refractivity contribution is 6.34. The summed E-state index contributed by atoms with van der Waals surface area (Å²) < 4.78 is 19.4. The van der Waals surface area contributed by atoms with Gasteiger partial charge in [-0.3, -0.25) is 14.4 Å². The zero-order valence-corrected chi connectivity index (χ0v) is 21.3. The molecule has 2 aliphatic rings.